The Labute approximate surface area is 300 Å². The molecule has 0 spiro atoms. The molecule has 9 aromatic rings. The Morgan fingerprint density at radius 1 is 0.245 bits per heavy atom. The van der Waals surface area contributed by atoms with E-state index in [0.717, 1.165) is 17.1 Å². The molecular weight excluding hydrogens is 775 g/mol. The van der Waals surface area contributed by atoms with Gasteiger partial charge in [0.2, 0.25) is 0 Å². The van der Waals surface area contributed by atoms with Gasteiger partial charge in [0.05, 0.1) is 17.1 Å². The average Bonchev–Trinajstić information content (AvgIpc) is 3.19. The number of pyridine rings is 3. The van der Waals surface area contributed by atoms with Gasteiger partial charge in [-0.25, -0.2) is 0 Å². The molecule has 0 N–H and O–H groups in total. The van der Waals surface area contributed by atoms with E-state index in [1.165, 1.54) is 49.0 Å². The van der Waals surface area contributed by atoms with E-state index in [9.17, 15) is 0 Å². The van der Waals surface area contributed by atoms with Crippen molar-refractivity contribution >= 4 is 32.3 Å². The Morgan fingerprint density at radius 3 is 0.776 bits per heavy atom. The summed E-state index contributed by atoms with van der Waals surface area (Å²) < 4.78 is 0. The fourth-order valence-corrected chi connectivity index (χ4v) is 5.84. The van der Waals surface area contributed by atoms with Crippen molar-refractivity contribution in [1.82, 2.24) is 15.0 Å². The minimum absolute atomic E-state index is 0. The smallest absolute Gasteiger partial charge is 0.256 e. The fourth-order valence-electron chi connectivity index (χ4n) is 5.84. The van der Waals surface area contributed by atoms with Crippen LogP contribution in [-0.2, 0) is 20.1 Å². The van der Waals surface area contributed by atoms with E-state index in [1.54, 1.807) is 0 Å². The van der Waals surface area contributed by atoms with E-state index in [0.29, 0.717) is 0 Å². The summed E-state index contributed by atoms with van der Waals surface area (Å²) in [5.41, 5.74) is 6.66. The van der Waals surface area contributed by atoms with Gasteiger partial charge in [0, 0.05) is 51.4 Å². The number of hydrogen-bond acceptors (Lipinski definition) is 3. The van der Waals surface area contributed by atoms with Gasteiger partial charge in [0.25, 0.3) is 0 Å². The standard InChI is InChI=1S/3C15H11N.Ir/c3*1-2-7-13(8-3-1)15-14-9-5-4-6-12(14)10-11-16-15;/h3*1-11H;/q;;;+3. The Balaban J connectivity index is 0.000000126. The molecule has 3 aromatic heterocycles. The van der Waals surface area contributed by atoms with E-state index >= 15 is 0 Å². The first-order valence-electron chi connectivity index (χ1n) is 16.0. The van der Waals surface area contributed by atoms with E-state index < -0.39 is 0 Å². The van der Waals surface area contributed by atoms with Gasteiger partial charge in [-0.2, -0.15) is 0 Å². The molecule has 0 bridgehead atoms. The summed E-state index contributed by atoms with van der Waals surface area (Å²) in [4.78, 5) is 13.4. The Morgan fingerprint density at radius 2 is 0.490 bits per heavy atom. The predicted molar refractivity (Wildman–Crippen MR) is 202 cm³/mol. The summed E-state index contributed by atoms with van der Waals surface area (Å²) in [6.07, 6.45) is 5.60. The van der Waals surface area contributed by atoms with Crippen LogP contribution in [-0.4, -0.2) is 15.0 Å². The van der Waals surface area contributed by atoms with Gasteiger partial charge in [-0.05, 0) is 34.4 Å². The molecule has 0 fully saturated rings. The first kappa shape index (κ1) is 33.1. The van der Waals surface area contributed by atoms with Crippen LogP contribution in [0.25, 0.3) is 66.1 Å². The second-order valence-corrected chi connectivity index (χ2v) is 11.2. The molecule has 0 unspecified atom stereocenters. The largest absolute Gasteiger partial charge is 3.00 e. The molecule has 0 atom stereocenters. The van der Waals surface area contributed by atoms with Crippen LogP contribution >= 0.6 is 0 Å². The minimum Gasteiger partial charge on any atom is -0.256 e. The topological polar surface area (TPSA) is 38.7 Å². The summed E-state index contributed by atoms with van der Waals surface area (Å²) in [7, 11) is 0. The van der Waals surface area contributed by atoms with Crippen LogP contribution in [0.1, 0.15) is 0 Å². The molecule has 0 amide bonds. The van der Waals surface area contributed by atoms with Crippen molar-refractivity contribution in [2.75, 3.05) is 0 Å². The van der Waals surface area contributed by atoms with Crippen LogP contribution in [0.15, 0.2) is 201 Å². The SMILES string of the molecule is [Ir+3].c1ccc(-c2nccc3ccccc23)cc1.c1ccc(-c2nccc3ccccc23)cc1.c1ccc(-c2nccc3ccccc23)cc1. The summed E-state index contributed by atoms with van der Waals surface area (Å²) in [5, 5.41) is 7.31. The molecule has 0 aliphatic rings. The summed E-state index contributed by atoms with van der Waals surface area (Å²) in [6, 6.07) is 62.0. The third-order valence-corrected chi connectivity index (χ3v) is 8.16. The van der Waals surface area contributed by atoms with Crippen molar-refractivity contribution in [2.24, 2.45) is 0 Å². The number of hydrogen-bond donors (Lipinski definition) is 0. The van der Waals surface area contributed by atoms with Crippen molar-refractivity contribution in [3.63, 3.8) is 0 Å². The maximum Gasteiger partial charge on any atom is 3.00 e. The van der Waals surface area contributed by atoms with Gasteiger partial charge in [-0.1, -0.05) is 164 Å². The Hall–Kier alpha value is -5.80. The normalized spacial score (nSPS) is 10.3. The molecule has 0 aliphatic carbocycles. The molecule has 3 heterocycles. The number of nitrogens with zero attached hydrogens (tertiary/aromatic N) is 3. The first-order chi connectivity index (χ1) is 23.8. The van der Waals surface area contributed by atoms with Crippen LogP contribution in [0, 0.1) is 0 Å². The van der Waals surface area contributed by atoms with Crippen LogP contribution < -0.4 is 0 Å². The minimum atomic E-state index is 0. The van der Waals surface area contributed by atoms with Crippen molar-refractivity contribution < 1.29 is 20.1 Å². The third-order valence-electron chi connectivity index (χ3n) is 8.16. The second-order valence-electron chi connectivity index (χ2n) is 11.2. The zero-order valence-electron chi connectivity index (χ0n) is 26.7. The van der Waals surface area contributed by atoms with Gasteiger partial charge >= 0.3 is 20.1 Å². The molecule has 49 heavy (non-hydrogen) atoms. The van der Waals surface area contributed by atoms with E-state index in [4.69, 9.17) is 0 Å². The molecule has 0 saturated heterocycles. The van der Waals surface area contributed by atoms with Crippen LogP contribution in [0.3, 0.4) is 0 Å². The number of fused-ring (bicyclic) bond motifs is 3. The van der Waals surface area contributed by atoms with E-state index in [-0.39, 0.29) is 20.1 Å². The van der Waals surface area contributed by atoms with Gasteiger partial charge < -0.3 is 0 Å². The fraction of sp³-hybridized carbons (Fsp3) is 0. The summed E-state index contributed by atoms with van der Waals surface area (Å²) in [5.74, 6) is 0. The maximum atomic E-state index is 4.48. The average molecular weight is 808 g/mol. The molecule has 0 aliphatic heterocycles. The number of benzene rings is 6. The van der Waals surface area contributed by atoms with Crippen molar-refractivity contribution in [3.05, 3.63) is 201 Å². The van der Waals surface area contributed by atoms with Gasteiger partial charge in [-0.3, -0.25) is 15.0 Å². The third kappa shape index (κ3) is 7.85. The zero-order chi connectivity index (χ0) is 32.4. The molecule has 9 rings (SSSR count). The van der Waals surface area contributed by atoms with E-state index in [2.05, 4.69) is 124 Å². The second kappa shape index (κ2) is 16.3. The molecule has 4 heteroatoms. The maximum absolute atomic E-state index is 4.48. The van der Waals surface area contributed by atoms with Gasteiger partial charge in [0.1, 0.15) is 0 Å². The number of rotatable bonds is 3. The van der Waals surface area contributed by atoms with Crippen molar-refractivity contribution in [2.45, 2.75) is 0 Å². The van der Waals surface area contributed by atoms with Crippen LogP contribution in [0.4, 0.5) is 0 Å². The Kier molecular flexibility index (Phi) is 11.0. The molecular formula is C45H33IrN3+3. The molecule has 234 valence electrons. The molecule has 0 radical (unpaired) electrons. The summed E-state index contributed by atoms with van der Waals surface area (Å²) >= 11 is 0. The molecule has 6 aromatic carbocycles. The Bertz CT molecular complexity index is 2110. The monoisotopic (exact) mass is 808 g/mol. The van der Waals surface area contributed by atoms with Crippen molar-refractivity contribution in [3.8, 4) is 33.8 Å². The van der Waals surface area contributed by atoms with Crippen LogP contribution in [0.2, 0.25) is 0 Å². The van der Waals surface area contributed by atoms with E-state index in [1.807, 2.05) is 91.4 Å². The predicted octanol–water partition coefficient (Wildman–Crippen LogP) is 11.7. The summed E-state index contributed by atoms with van der Waals surface area (Å²) in [6.45, 7) is 0. The zero-order valence-corrected chi connectivity index (χ0v) is 29.1. The van der Waals surface area contributed by atoms with Crippen molar-refractivity contribution in [1.29, 1.82) is 0 Å². The van der Waals surface area contributed by atoms with Gasteiger partial charge in [-0.15, -0.1) is 0 Å². The molecule has 0 saturated carbocycles. The van der Waals surface area contributed by atoms with Gasteiger partial charge in [0.15, 0.2) is 0 Å². The first-order valence-corrected chi connectivity index (χ1v) is 16.0. The quantitative estimate of drug-likeness (QED) is 0.178. The number of aromatic nitrogens is 3. The van der Waals surface area contributed by atoms with Crippen LogP contribution in [0.5, 0.6) is 0 Å². The molecule has 3 nitrogen and oxygen atoms in total.